The lowest BCUT2D eigenvalue weighted by Gasteiger charge is -2.33. The highest BCUT2D eigenvalue weighted by atomic mass is 16.6. The zero-order valence-corrected chi connectivity index (χ0v) is 17.6. The number of benzene rings is 1. The van der Waals surface area contributed by atoms with E-state index in [0.717, 1.165) is 35.2 Å². The van der Waals surface area contributed by atoms with Crippen LogP contribution in [0.5, 0.6) is 0 Å². The molecule has 158 valence electrons. The molecule has 0 unspecified atom stereocenters. The Bertz CT molecular complexity index is 1050. The van der Waals surface area contributed by atoms with Gasteiger partial charge in [-0.3, -0.25) is 0 Å². The molecule has 0 atom stereocenters. The van der Waals surface area contributed by atoms with E-state index in [1.165, 1.54) is 0 Å². The van der Waals surface area contributed by atoms with Crippen molar-refractivity contribution in [3.8, 4) is 5.82 Å². The number of aromatic nitrogens is 3. The minimum atomic E-state index is -0.478. The van der Waals surface area contributed by atoms with E-state index in [1.54, 1.807) is 11.1 Å². The average Bonchev–Trinajstić information content (AvgIpc) is 3.13. The quantitative estimate of drug-likeness (QED) is 0.640. The predicted molar refractivity (Wildman–Crippen MR) is 118 cm³/mol. The molecule has 1 amide bonds. The standard InChI is InChI=1S/C22H28N6O2/c1-22(2,3)30-21(29)27-12-8-15(9-13-27)25-20-24-11-7-19(26-20)28-14-10-16-17(23)5-4-6-18(16)28/h4-7,10-11,14-15H,8-9,12-13,23H2,1-3H3,(H,24,25,26). The van der Waals surface area contributed by atoms with Gasteiger partial charge in [0.25, 0.3) is 0 Å². The minimum Gasteiger partial charge on any atom is -0.444 e. The Balaban J connectivity index is 1.42. The SMILES string of the molecule is CC(C)(C)OC(=O)N1CCC(Nc2nccc(-n3ccc4c(N)cccc43)n2)CC1. The first-order valence-electron chi connectivity index (χ1n) is 10.2. The van der Waals surface area contributed by atoms with Crippen molar-refractivity contribution >= 4 is 28.6 Å². The summed E-state index contributed by atoms with van der Waals surface area (Å²) in [6, 6.07) is 9.92. The summed E-state index contributed by atoms with van der Waals surface area (Å²) in [7, 11) is 0. The van der Waals surface area contributed by atoms with Gasteiger partial charge in [-0.2, -0.15) is 4.98 Å². The zero-order chi connectivity index (χ0) is 21.3. The number of anilines is 2. The van der Waals surface area contributed by atoms with E-state index in [2.05, 4.69) is 15.3 Å². The van der Waals surface area contributed by atoms with Crippen LogP contribution in [0.15, 0.2) is 42.7 Å². The smallest absolute Gasteiger partial charge is 0.410 e. The van der Waals surface area contributed by atoms with Gasteiger partial charge in [0.2, 0.25) is 5.95 Å². The number of carbonyl (C=O) groups is 1. The molecule has 0 saturated carbocycles. The molecule has 0 radical (unpaired) electrons. The third-order valence-electron chi connectivity index (χ3n) is 5.13. The van der Waals surface area contributed by atoms with Crippen LogP contribution in [0.4, 0.5) is 16.4 Å². The Hall–Kier alpha value is -3.29. The van der Waals surface area contributed by atoms with E-state index in [0.29, 0.717) is 19.0 Å². The number of ether oxygens (including phenoxy) is 1. The number of hydrogen-bond donors (Lipinski definition) is 2. The van der Waals surface area contributed by atoms with Crippen LogP contribution in [0.1, 0.15) is 33.6 Å². The number of carbonyl (C=O) groups excluding carboxylic acids is 1. The van der Waals surface area contributed by atoms with Gasteiger partial charge in [0, 0.05) is 42.6 Å². The molecular formula is C22H28N6O2. The van der Waals surface area contributed by atoms with Crippen molar-refractivity contribution in [2.24, 2.45) is 0 Å². The lowest BCUT2D eigenvalue weighted by Crippen LogP contribution is -2.44. The summed E-state index contributed by atoms with van der Waals surface area (Å²) in [5, 5.41) is 4.41. The van der Waals surface area contributed by atoms with Crippen LogP contribution in [-0.2, 0) is 4.74 Å². The first-order valence-corrected chi connectivity index (χ1v) is 10.2. The Morgan fingerprint density at radius 1 is 1.20 bits per heavy atom. The van der Waals surface area contributed by atoms with Gasteiger partial charge in [-0.15, -0.1) is 0 Å². The third kappa shape index (κ3) is 4.32. The second-order valence-electron chi connectivity index (χ2n) is 8.59. The maximum Gasteiger partial charge on any atom is 0.410 e. The summed E-state index contributed by atoms with van der Waals surface area (Å²) < 4.78 is 7.47. The predicted octanol–water partition coefficient (Wildman–Crippen LogP) is 3.81. The maximum atomic E-state index is 12.2. The number of fused-ring (bicyclic) bond motifs is 1. The van der Waals surface area contributed by atoms with Crippen molar-refractivity contribution in [3.63, 3.8) is 0 Å². The van der Waals surface area contributed by atoms with Gasteiger partial charge >= 0.3 is 6.09 Å². The Labute approximate surface area is 176 Å². The Morgan fingerprint density at radius 2 is 1.97 bits per heavy atom. The second kappa shape index (κ2) is 7.85. The van der Waals surface area contributed by atoms with E-state index in [9.17, 15) is 4.79 Å². The number of nitrogens with zero attached hydrogens (tertiary/aromatic N) is 4. The average molecular weight is 409 g/mol. The summed E-state index contributed by atoms with van der Waals surface area (Å²) in [4.78, 5) is 23.1. The van der Waals surface area contributed by atoms with Crippen molar-refractivity contribution in [1.29, 1.82) is 0 Å². The summed E-state index contributed by atoms with van der Waals surface area (Å²) >= 11 is 0. The molecule has 8 nitrogen and oxygen atoms in total. The van der Waals surface area contributed by atoms with Crippen LogP contribution in [-0.4, -0.2) is 50.3 Å². The number of nitrogens with one attached hydrogen (secondary N) is 1. The fourth-order valence-corrected chi connectivity index (χ4v) is 3.66. The Kier molecular flexibility index (Phi) is 5.24. The van der Waals surface area contributed by atoms with E-state index < -0.39 is 5.60 Å². The highest BCUT2D eigenvalue weighted by molar-refractivity contribution is 5.92. The molecule has 30 heavy (non-hydrogen) atoms. The van der Waals surface area contributed by atoms with E-state index in [1.807, 2.05) is 61.9 Å². The summed E-state index contributed by atoms with van der Waals surface area (Å²) in [6.45, 7) is 6.94. The lowest BCUT2D eigenvalue weighted by atomic mass is 10.1. The van der Waals surface area contributed by atoms with Crippen LogP contribution in [0.2, 0.25) is 0 Å². The molecule has 4 rings (SSSR count). The molecule has 3 aromatic rings. The fourth-order valence-electron chi connectivity index (χ4n) is 3.66. The van der Waals surface area contributed by atoms with E-state index >= 15 is 0 Å². The molecule has 1 aromatic carbocycles. The van der Waals surface area contributed by atoms with Gasteiger partial charge in [-0.25, -0.2) is 9.78 Å². The summed E-state index contributed by atoms with van der Waals surface area (Å²) in [6.07, 6.45) is 5.09. The number of hydrogen-bond acceptors (Lipinski definition) is 6. The normalized spacial score (nSPS) is 15.4. The fraction of sp³-hybridized carbons (Fsp3) is 0.409. The first kappa shape index (κ1) is 20.0. The second-order valence-corrected chi connectivity index (χ2v) is 8.59. The van der Waals surface area contributed by atoms with Crippen LogP contribution in [0.3, 0.4) is 0 Å². The molecule has 0 bridgehead atoms. The molecule has 1 saturated heterocycles. The first-order chi connectivity index (χ1) is 14.3. The molecule has 0 spiro atoms. The molecular weight excluding hydrogens is 380 g/mol. The topological polar surface area (TPSA) is 98.3 Å². The number of piperidine rings is 1. The molecule has 1 aliphatic heterocycles. The van der Waals surface area contributed by atoms with Gasteiger partial charge in [0.05, 0.1) is 5.52 Å². The monoisotopic (exact) mass is 408 g/mol. The van der Waals surface area contributed by atoms with Crippen molar-refractivity contribution < 1.29 is 9.53 Å². The van der Waals surface area contributed by atoms with E-state index in [-0.39, 0.29) is 12.1 Å². The molecule has 3 heterocycles. The van der Waals surface area contributed by atoms with Crippen LogP contribution in [0.25, 0.3) is 16.7 Å². The van der Waals surface area contributed by atoms with E-state index in [4.69, 9.17) is 10.5 Å². The molecule has 2 aromatic heterocycles. The molecule has 1 fully saturated rings. The number of amides is 1. The number of nitrogen functional groups attached to an aromatic ring is 1. The van der Waals surface area contributed by atoms with Crippen molar-refractivity contribution in [3.05, 3.63) is 42.7 Å². The third-order valence-corrected chi connectivity index (χ3v) is 5.13. The van der Waals surface area contributed by atoms with Gasteiger partial charge in [0.1, 0.15) is 11.4 Å². The Morgan fingerprint density at radius 3 is 2.70 bits per heavy atom. The minimum absolute atomic E-state index is 0.205. The number of rotatable bonds is 3. The van der Waals surface area contributed by atoms with Crippen molar-refractivity contribution in [1.82, 2.24) is 19.4 Å². The van der Waals surface area contributed by atoms with Gasteiger partial charge in [-0.1, -0.05) is 6.07 Å². The van der Waals surface area contributed by atoms with Gasteiger partial charge in [-0.05, 0) is 57.9 Å². The largest absolute Gasteiger partial charge is 0.444 e. The molecule has 3 N–H and O–H groups in total. The number of likely N-dealkylation sites (tertiary alicyclic amines) is 1. The van der Waals surface area contributed by atoms with Crippen molar-refractivity contribution in [2.75, 3.05) is 24.1 Å². The van der Waals surface area contributed by atoms with Crippen LogP contribution in [0, 0.1) is 0 Å². The summed E-state index contributed by atoms with van der Waals surface area (Å²) in [5.41, 5.74) is 7.34. The highest BCUT2D eigenvalue weighted by Crippen LogP contribution is 2.25. The molecule has 1 aliphatic rings. The van der Waals surface area contributed by atoms with Gasteiger partial charge < -0.3 is 25.3 Å². The van der Waals surface area contributed by atoms with Crippen molar-refractivity contribution in [2.45, 2.75) is 45.3 Å². The zero-order valence-electron chi connectivity index (χ0n) is 17.6. The van der Waals surface area contributed by atoms with Crippen LogP contribution < -0.4 is 11.1 Å². The summed E-state index contributed by atoms with van der Waals surface area (Å²) in [5.74, 6) is 1.35. The highest BCUT2D eigenvalue weighted by Gasteiger charge is 2.27. The maximum absolute atomic E-state index is 12.2. The lowest BCUT2D eigenvalue weighted by molar-refractivity contribution is 0.0210. The molecule has 8 heteroatoms. The number of nitrogens with two attached hydrogens (primary N) is 1. The molecule has 0 aliphatic carbocycles. The van der Waals surface area contributed by atoms with Gasteiger partial charge in [0.15, 0.2) is 0 Å². The van der Waals surface area contributed by atoms with Crippen LogP contribution >= 0.6 is 0 Å².